The molecule has 0 spiro atoms. The summed E-state index contributed by atoms with van der Waals surface area (Å²) in [6, 6.07) is 11.8. The predicted molar refractivity (Wildman–Crippen MR) is 153 cm³/mol. The molecule has 40 heavy (non-hydrogen) atoms. The van der Waals surface area contributed by atoms with E-state index in [4.69, 9.17) is 9.47 Å². The summed E-state index contributed by atoms with van der Waals surface area (Å²) < 4.78 is 10.9. The van der Waals surface area contributed by atoms with Crippen LogP contribution in [0.15, 0.2) is 42.6 Å². The number of para-hydroxylation sites is 1. The van der Waals surface area contributed by atoms with Crippen molar-refractivity contribution in [1.29, 1.82) is 0 Å². The lowest BCUT2D eigenvalue weighted by Gasteiger charge is -2.41. The van der Waals surface area contributed by atoms with Gasteiger partial charge in [-0.05, 0) is 43.0 Å². The second-order valence-corrected chi connectivity index (χ2v) is 11.3. The Labute approximate surface area is 235 Å². The summed E-state index contributed by atoms with van der Waals surface area (Å²) in [6.07, 6.45) is 6.20. The Balaban J connectivity index is 1.12. The van der Waals surface area contributed by atoms with Gasteiger partial charge < -0.3 is 35.2 Å². The predicted octanol–water partition coefficient (Wildman–Crippen LogP) is 3.63. The lowest BCUT2D eigenvalue weighted by molar-refractivity contribution is -0.138. The average Bonchev–Trinajstić information content (AvgIpc) is 3.44. The van der Waals surface area contributed by atoms with Crippen LogP contribution in [0.1, 0.15) is 43.7 Å². The number of benzene rings is 1. The van der Waals surface area contributed by atoms with Crippen LogP contribution >= 0.6 is 0 Å². The van der Waals surface area contributed by atoms with Gasteiger partial charge in [-0.25, -0.2) is 9.78 Å². The van der Waals surface area contributed by atoms with Gasteiger partial charge in [0, 0.05) is 44.4 Å². The molecule has 6 rings (SSSR count). The van der Waals surface area contributed by atoms with Gasteiger partial charge in [-0.15, -0.1) is 0 Å². The first-order valence-corrected chi connectivity index (χ1v) is 14.6. The molecule has 1 saturated carbocycles. The van der Waals surface area contributed by atoms with Gasteiger partial charge in [0.2, 0.25) is 5.91 Å². The number of amides is 3. The second kappa shape index (κ2) is 12.0. The monoisotopic (exact) mass is 548 g/mol. The zero-order chi connectivity index (χ0) is 27.5. The summed E-state index contributed by atoms with van der Waals surface area (Å²) >= 11 is 0. The van der Waals surface area contributed by atoms with Gasteiger partial charge in [0.15, 0.2) is 0 Å². The number of anilines is 3. The topological polar surface area (TPSA) is 108 Å². The first kappa shape index (κ1) is 26.8. The van der Waals surface area contributed by atoms with Crippen molar-refractivity contribution in [2.24, 2.45) is 11.8 Å². The maximum absolute atomic E-state index is 14.1. The molecule has 1 aromatic carbocycles. The highest BCUT2D eigenvalue weighted by molar-refractivity contribution is 5.90. The third-order valence-corrected chi connectivity index (χ3v) is 8.95. The van der Waals surface area contributed by atoms with Crippen LogP contribution < -0.4 is 20.9 Å². The quantitative estimate of drug-likeness (QED) is 0.506. The lowest BCUT2D eigenvalue weighted by Crippen LogP contribution is -2.51. The Kier molecular flexibility index (Phi) is 8.06. The van der Waals surface area contributed by atoms with E-state index >= 15 is 0 Å². The van der Waals surface area contributed by atoms with Crippen LogP contribution in [0.4, 0.5) is 22.0 Å². The number of fused-ring (bicyclic) bond motifs is 3. The summed E-state index contributed by atoms with van der Waals surface area (Å²) in [4.78, 5) is 36.0. The molecule has 0 radical (unpaired) electrons. The Bertz CT molecular complexity index is 1190. The first-order valence-electron chi connectivity index (χ1n) is 14.6. The minimum absolute atomic E-state index is 0.0255. The van der Waals surface area contributed by atoms with Crippen LogP contribution in [0.25, 0.3) is 0 Å². The van der Waals surface area contributed by atoms with E-state index in [-0.39, 0.29) is 36.0 Å². The van der Waals surface area contributed by atoms with Crippen LogP contribution in [-0.2, 0) is 14.3 Å². The van der Waals surface area contributed by atoms with Crippen molar-refractivity contribution in [3.63, 3.8) is 0 Å². The van der Waals surface area contributed by atoms with Crippen LogP contribution in [0.2, 0.25) is 0 Å². The van der Waals surface area contributed by atoms with Gasteiger partial charge >= 0.3 is 6.03 Å². The van der Waals surface area contributed by atoms with Crippen molar-refractivity contribution < 1.29 is 19.1 Å². The summed E-state index contributed by atoms with van der Waals surface area (Å²) in [7, 11) is 1.73. The Hall–Kier alpha value is -3.37. The zero-order valence-corrected chi connectivity index (χ0v) is 23.2. The maximum atomic E-state index is 14.1. The van der Waals surface area contributed by atoms with Crippen LogP contribution in [-0.4, -0.2) is 80.5 Å². The van der Waals surface area contributed by atoms with Crippen molar-refractivity contribution in [2.45, 2.75) is 50.2 Å². The molecule has 4 aliphatic rings. The van der Waals surface area contributed by atoms with E-state index in [2.05, 4.69) is 42.9 Å². The van der Waals surface area contributed by atoms with E-state index in [1.165, 1.54) is 5.56 Å². The molecular weight excluding hydrogens is 508 g/mol. The van der Waals surface area contributed by atoms with Gasteiger partial charge in [-0.2, -0.15) is 0 Å². The number of urea groups is 1. The molecule has 214 valence electrons. The molecular formula is C30H40N6O4. The number of carbonyl (C=O) groups is 2. The number of hydrogen-bond donors (Lipinski definition) is 3. The minimum Gasteiger partial charge on any atom is -0.383 e. The number of nitrogens with one attached hydrogen (secondary N) is 3. The Morgan fingerprint density at radius 3 is 2.70 bits per heavy atom. The van der Waals surface area contributed by atoms with Gasteiger partial charge in [0.1, 0.15) is 5.82 Å². The summed E-state index contributed by atoms with van der Waals surface area (Å²) in [6.45, 7) is 4.34. The number of ether oxygens (including phenoxy) is 2. The fourth-order valence-electron chi connectivity index (χ4n) is 7.01. The van der Waals surface area contributed by atoms with Crippen molar-refractivity contribution in [3.05, 3.63) is 48.2 Å². The molecule has 10 nitrogen and oxygen atoms in total. The number of aromatic nitrogens is 1. The van der Waals surface area contributed by atoms with Gasteiger partial charge in [-0.3, -0.25) is 4.79 Å². The molecule has 0 unspecified atom stereocenters. The lowest BCUT2D eigenvalue weighted by atomic mass is 9.81. The number of hydrogen-bond acceptors (Lipinski definition) is 7. The summed E-state index contributed by atoms with van der Waals surface area (Å²) in [5, 5.41) is 9.71. The number of morpholine rings is 1. The SMILES string of the molecule is COC[C@@H]1Nc2ccccc2[C@H]2[C@@H]1CCN2C(=O)[C@H]1CCCC[C@H]1NC(=O)Nc1ccc(N2CCOCC2)nc1. The van der Waals surface area contributed by atoms with Crippen molar-refractivity contribution in [3.8, 4) is 0 Å². The second-order valence-electron chi connectivity index (χ2n) is 11.3. The molecule has 2 aromatic rings. The van der Waals surface area contributed by atoms with E-state index in [1.54, 1.807) is 13.3 Å². The molecule has 2 saturated heterocycles. The highest BCUT2D eigenvalue weighted by Gasteiger charge is 2.48. The summed E-state index contributed by atoms with van der Waals surface area (Å²) in [5.41, 5.74) is 2.89. The van der Waals surface area contributed by atoms with E-state index < -0.39 is 0 Å². The number of likely N-dealkylation sites (tertiary alicyclic amines) is 1. The fourth-order valence-corrected chi connectivity index (χ4v) is 7.01. The van der Waals surface area contributed by atoms with Gasteiger partial charge in [0.05, 0.1) is 49.7 Å². The molecule has 5 atom stereocenters. The standard InChI is InChI=1S/C30H40N6O4/c1-39-19-26-22-12-13-36(28(22)21-6-2-4-8-24(21)33-26)29(37)23-7-3-5-9-25(23)34-30(38)32-20-10-11-27(31-18-20)35-14-16-40-17-15-35/h2,4,6,8,10-11,18,22-23,25-26,28,33H,3,5,7,9,12-17,19H2,1H3,(H2,32,34,38)/t22-,23+,25-,26+,28+/m1/s1. The molecule has 1 aliphatic carbocycles. The molecule has 3 N–H and O–H groups in total. The number of rotatable bonds is 6. The molecule has 3 aliphatic heterocycles. The smallest absolute Gasteiger partial charge is 0.319 e. The number of pyridine rings is 1. The minimum atomic E-state index is -0.294. The van der Waals surface area contributed by atoms with Crippen molar-refractivity contribution >= 4 is 29.1 Å². The summed E-state index contributed by atoms with van der Waals surface area (Å²) in [5.74, 6) is 1.10. The first-order chi connectivity index (χ1) is 19.6. The number of nitrogens with zero attached hydrogens (tertiary/aromatic N) is 3. The van der Waals surface area contributed by atoms with Gasteiger partial charge in [0.25, 0.3) is 0 Å². The number of carbonyl (C=O) groups excluding carboxylic acids is 2. The molecule has 10 heteroatoms. The van der Waals surface area contributed by atoms with E-state index in [0.717, 1.165) is 63.2 Å². The van der Waals surface area contributed by atoms with Crippen LogP contribution in [0.3, 0.4) is 0 Å². The normalized spacial score (nSPS) is 27.8. The number of methoxy groups -OCH3 is 1. The molecule has 1 aromatic heterocycles. The molecule has 3 fully saturated rings. The third kappa shape index (κ3) is 5.47. The average molecular weight is 549 g/mol. The molecule has 3 amide bonds. The maximum Gasteiger partial charge on any atom is 0.319 e. The van der Waals surface area contributed by atoms with E-state index in [9.17, 15) is 9.59 Å². The third-order valence-electron chi connectivity index (χ3n) is 8.95. The van der Waals surface area contributed by atoms with Gasteiger partial charge in [-0.1, -0.05) is 31.0 Å². The van der Waals surface area contributed by atoms with Crippen LogP contribution in [0.5, 0.6) is 0 Å². The molecule has 0 bridgehead atoms. The van der Waals surface area contributed by atoms with E-state index in [0.29, 0.717) is 31.4 Å². The highest BCUT2D eigenvalue weighted by atomic mass is 16.5. The van der Waals surface area contributed by atoms with Crippen LogP contribution in [0, 0.1) is 11.8 Å². The molecule has 4 heterocycles. The van der Waals surface area contributed by atoms with E-state index in [1.807, 2.05) is 24.3 Å². The zero-order valence-electron chi connectivity index (χ0n) is 23.2. The fraction of sp³-hybridized carbons (Fsp3) is 0.567. The van der Waals surface area contributed by atoms with Crippen molar-refractivity contribution in [2.75, 3.05) is 62.1 Å². The van der Waals surface area contributed by atoms with Crippen molar-refractivity contribution in [1.82, 2.24) is 15.2 Å². The Morgan fingerprint density at radius 1 is 1.07 bits per heavy atom. The Morgan fingerprint density at radius 2 is 1.90 bits per heavy atom. The largest absolute Gasteiger partial charge is 0.383 e. The highest BCUT2D eigenvalue weighted by Crippen LogP contribution is 2.47.